The first-order valence-corrected chi connectivity index (χ1v) is 26.2. The first kappa shape index (κ1) is 51.1. The minimum absolute atomic E-state index is 0.0208. The lowest BCUT2D eigenvalue weighted by molar-refractivity contribution is -0.125. The Morgan fingerprint density at radius 3 is 2.42 bits per heavy atom. The second-order valence-electron chi connectivity index (χ2n) is 21.3. The number of pyridine rings is 1. The summed E-state index contributed by atoms with van der Waals surface area (Å²) in [6, 6.07) is 12.8. The summed E-state index contributed by atoms with van der Waals surface area (Å²) in [6.07, 6.45) is 16.4. The van der Waals surface area contributed by atoms with Crippen LogP contribution in [0.25, 0.3) is 32.9 Å². The number of ether oxygens (including phenoxy) is 1. The van der Waals surface area contributed by atoms with Crippen molar-refractivity contribution in [3.05, 3.63) is 77.0 Å². The standard InChI is InChI=1S/C35H37F2N7O2.C21H30N4O3/c1-3-25-28(36)7-4-21-14-24(45)15-26(29(21)25)31-30(37)32-27(16-38-31)33(44-17-22-5-6-23(18-44)39-22)41-34(40-32)46-20-35(8-9-35)19-43-12-10-42(2)11-13-43;1-22-21(28)18(4-3-12-26)20-17-6-5-16(14-19(17)24(2)23-20)15-7-9-25(10-8-15)11-13-27/h1,4,7,14-16,22-23,39,45H,5-6,8-13,17-20H2,2H3;5-6,12-15,18,20,23H,3-4,7-11H2,1-2H3,(H,22,28). The second kappa shape index (κ2) is 21.8. The number of likely N-dealkylation sites (tertiary alicyclic amines) is 1. The van der Waals surface area contributed by atoms with Crippen LogP contribution >= 0.6 is 0 Å². The largest absolute Gasteiger partial charge is 0.508 e. The third-order valence-electron chi connectivity index (χ3n) is 16.3. The number of rotatable bonds is 15. The molecule has 1 saturated carbocycles. The summed E-state index contributed by atoms with van der Waals surface area (Å²) in [5.41, 5.74) is 7.10. The van der Waals surface area contributed by atoms with Gasteiger partial charge in [-0.3, -0.25) is 14.7 Å². The van der Waals surface area contributed by atoms with E-state index in [2.05, 4.69) is 76.8 Å². The van der Waals surface area contributed by atoms with Crippen molar-refractivity contribution in [2.75, 3.05) is 103 Å². The number of hydrogen-bond donors (Lipinski definition) is 4. The average Bonchev–Trinajstić information content (AvgIpc) is 3.99. The van der Waals surface area contributed by atoms with Gasteiger partial charge in [-0.25, -0.2) is 14.2 Å². The van der Waals surface area contributed by atoms with Gasteiger partial charge in [0.15, 0.2) is 5.82 Å². The Morgan fingerprint density at radius 2 is 1.73 bits per heavy atom. The van der Waals surface area contributed by atoms with Gasteiger partial charge in [0.2, 0.25) is 5.91 Å². The Bertz CT molecular complexity index is 2940. The van der Waals surface area contributed by atoms with Crippen LogP contribution in [0, 0.1) is 35.3 Å². The maximum absolute atomic E-state index is 16.8. The molecule has 1 aliphatic carbocycles. The summed E-state index contributed by atoms with van der Waals surface area (Å²) in [5.74, 6) is 1.71. The summed E-state index contributed by atoms with van der Waals surface area (Å²) in [5, 5.41) is 20.2. The van der Waals surface area contributed by atoms with E-state index in [1.54, 1.807) is 13.2 Å². The molecule has 3 aromatic carbocycles. The number of nitrogens with zero attached hydrogens (tertiary/aromatic N) is 8. The van der Waals surface area contributed by atoms with E-state index in [-0.39, 0.29) is 57.4 Å². The van der Waals surface area contributed by atoms with Crippen LogP contribution in [0.4, 0.5) is 20.3 Å². The summed E-state index contributed by atoms with van der Waals surface area (Å²) in [6.45, 7) is 9.49. The maximum Gasteiger partial charge on any atom is 0.319 e. The first-order chi connectivity index (χ1) is 35.9. The molecule has 4 atom stereocenters. The first-order valence-electron chi connectivity index (χ1n) is 26.2. The number of nitrogens with one attached hydrogen (secondary N) is 3. The maximum atomic E-state index is 16.8. The molecule has 0 spiro atoms. The number of amides is 1. The van der Waals surface area contributed by atoms with Gasteiger partial charge in [-0.05, 0) is 112 Å². The SMILES string of the molecule is C#Cc1c(F)ccc2cc(O)cc(-c3ncc4c(N5CC6CCC(C5)N6)nc(OCC5(CN6CCN(C)CC6)CC5)nc4c3F)c12.CNC(=O)C(CCC=O)C1NN(C)c2cc(C3CCN(CC=O)CC3)ccc21. The van der Waals surface area contributed by atoms with Crippen molar-refractivity contribution in [1.82, 2.24) is 45.7 Å². The van der Waals surface area contributed by atoms with E-state index in [1.165, 1.54) is 29.8 Å². The van der Waals surface area contributed by atoms with Crippen molar-refractivity contribution >= 4 is 51.7 Å². The number of aromatic nitrogens is 3. The number of aromatic hydroxyl groups is 1. The molecule has 18 heteroatoms. The minimum atomic E-state index is -0.707. The van der Waals surface area contributed by atoms with Gasteiger partial charge in [-0.1, -0.05) is 24.1 Å². The van der Waals surface area contributed by atoms with Crippen molar-refractivity contribution in [2.45, 2.75) is 75.4 Å². The summed E-state index contributed by atoms with van der Waals surface area (Å²) < 4.78 is 38.0. The number of carbonyl (C=O) groups excluding carboxylic acids is 3. The average molecular weight is 1010 g/mol. The molecular weight excluding hydrogens is 945 g/mol. The fraction of sp³-hybridized carbons (Fsp3) is 0.500. The molecular formula is C56H67F2N11O5. The fourth-order valence-corrected chi connectivity index (χ4v) is 11.9. The highest BCUT2D eigenvalue weighted by Gasteiger charge is 2.45. The molecule has 0 radical (unpaired) electrons. The number of terminal acetylenes is 1. The molecule has 5 aliphatic heterocycles. The number of phenolic OH excluding ortho intramolecular Hbond substituents is 1. The van der Waals surface area contributed by atoms with Crippen LogP contribution < -0.4 is 30.7 Å². The zero-order valence-corrected chi connectivity index (χ0v) is 42.6. The number of piperidine rings is 1. The number of halogens is 2. The molecule has 390 valence electrons. The number of anilines is 2. The van der Waals surface area contributed by atoms with Gasteiger partial charge in [0.05, 0.1) is 41.7 Å². The lowest BCUT2D eigenvalue weighted by atomic mass is 9.85. The molecule has 1 amide bonds. The monoisotopic (exact) mass is 1010 g/mol. The number of piperazine rings is 2. The Balaban J connectivity index is 0.000000192. The Morgan fingerprint density at radius 1 is 0.973 bits per heavy atom. The molecule has 2 bridgehead atoms. The van der Waals surface area contributed by atoms with Gasteiger partial charge in [0.1, 0.15) is 41.2 Å². The van der Waals surface area contributed by atoms with Crippen LogP contribution in [-0.4, -0.2) is 159 Å². The zero-order chi connectivity index (χ0) is 51.7. The second-order valence-corrected chi connectivity index (χ2v) is 21.3. The molecule has 5 aromatic rings. The van der Waals surface area contributed by atoms with E-state index in [1.807, 2.05) is 12.1 Å². The number of fused-ring (bicyclic) bond motifs is 5. The van der Waals surface area contributed by atoms with Gasteiger partial charge in [0.25, 0.3) is 0 Å². The summed E-state index contributed by atoms with van der Waals surface area (Å²) >= 11 is 0. The van der Waals surface area contributed by atoms with Crippen LogP contribution in [-0.2, 0) is 14.4 Å². The van der Waals surface area contributed by atoms with Crippen LogP contribution in [0.1, 0.15) is 80.0 Å². The molecule has 7 heterocycles. The van der Waals surface area contributed by atoms with E-state index in [4.69, 9.17) is 16.1 Å². The number of phenols is 1. The Hall–Kier alpha value is -6.36. The normalized spacial score (nSPS) is 22.2. The van der Waals surface area contributed by atoms with E-state index in [9.17, 15) is 23.9 Å². The van der Waals surface area contributed by atoms with Crippen LogP contribution in [0.15, 0.2) is 48.7 Å². The van der Waals surface area contributed by atoms with Gasteiger partial charge < -0.3 is 49.8 Å². The summed E-state index contributed by atoms with van der Waals surface area (Å²) in [4.78, 5) is 57.2. The predicted molar refractivity (Wildman–Crippen MR) is 281 cm³/mol. The smallest absolute Gasteiger partial charge is 0.319 e. The molecule has 16 nitrogen and oxygen atoms in total. The molecule has 4 N–H and O–H groups in total. The lowest BCUT2D eigenvalue weighted by Crippen LogP contribution is -2.51. The highest BCUT2D eigenvalue weighted by atomic mass is 19.1. The van der Waals surface area contributed by atoms with Crippen molar-refractivity contribution in [1.29, 1.82) is 0 Å². The molecule has 6 aliphatic rings. The minimum Gasteiger partial charge on any atom is -0.508 e. The van der Waals surface area contributed by atoms with Gasteiger partial charge in [-0.2, -0.15) is 9.97 Å². The van der Waals surface area contributed by atoms with Gasteiger partial charge in [0, 0.05) is 101 Å². The quantitative estimate of drug-likeness (QED) is 0.0759. The molecule has 4 saturated heterocycles. The van der Waals surface area contributed by atoms with Crippen LogP contribution in [0.2, 0.25) is 0 Å². The van der Waals surface area contributed by atoms with E-state index in [0.29, 0.717) is 66.0 Å². The number of hydrogen-bond acceptors (Lipinski definition) is 15. The number of hydrazine groups is 1. The molecule has 4 unspecified atom stereocenters. The third-order valence-corrected chi connectivity index (χ3v) is 16.3. The molecule has 2 aromatic heterocycles. The highest BCUT2D eigenvalue weighted by Crippen LogP contribution is 2.47. The van der Waals surface area contributed by atoms with E-state index >= 15 is 4.39 Å². The highest BCUT2D eigenvalue weighted by molar-refractivity contribution is 6.03. The lowest BCUT2D eigenvalue weighted by Gasteiger charge is -2.35. The van der Waals surface area contributed by atoms with E-state index in [0.717, 1.165) is 121 Å². The predicted octanol–water partition coefficient (Wildman–Crippen LogP) is 5.56. The van der Waals surface area contributed by atoms with Crippen molar-refractivity contribution in [2.24, 2.45) is 11.3 Å². The molecule has 74 heavy (non-hydrogen) atoms. The van der Waals surface area contributed by atoms with E-state index < -0.39 is 11.6 Å². The molecule has 11 rings (SSSR count). The van der Waals surface area contributed by atoms with Crippen LogP contribution in [0.3, 0.4) is 0 Å². The fourth-order valence-electron chi connectivity index (χ4n) is 11.9. The Kier molecular flexibility index (Phi) is 15.1. The number of carbonyl (C=O) groups is 3. The van der Waals surface area contributed by atoms with Gasteiger partial charge >= 0.3 is 6.01 Å². The van der Waals surface area contributed by atoms with Crippen LogP contribution in [0.5, 0.6) is 11.8 Å². The summed E-state index contributed by atoms with van der Waals surface area (Å²) in [7, 11) is 5.76. The van der Waals surface area contributed by atoms with Crippen molar-refractivity contribution in [3.8, 4) is 35.4 Å². The third kappa shape index (κ3) is 10.6. The molecule has 5 fully saturated rings. The zero-order valence-electron chi connectivity index (χ0n) is 42.6. The number of benzene rings is 3. The van der Waals surface area contributed by atoms with Crippen molar-refractivity contribution in [3.63, 3.8) is 0 Å². The van der Waals surface area contributed by atoms with Gasteiger partial charge in [-0.15, -0.1) is 6.42 Å². The number of aldehydes is 2. The van der Waals surface area contributed by atoms with Crippen molar-refractivity contribution < 1.29 is 33.0 Å². The topological polar surface area (TPSA) is 172 Å². The Labute approximate surface area is 431 Å². The number of likely N-dealkylation sites (N-methyl/N-ethyl adjacent to an activating group) is 1.